The van der Waals surface area contributed by atoms with Crippen LogP contribution in [0.5, 0.6) is 0 Å². The Morgan fingerprint density at radius 1 is 1.29 bits per heavy atom. The van der Waals surface area contributed by atoms with E-state index in [-0.39, 0.29) is 12.1 Å². The number of carbonyl (C=O) groups is 1. The Balaban J connectivity index is 1.62. The van der Waals surface area contributed by atoms with Crippen LogP contribution in [0.25, 0.3) is 10.9 Å². The smallest absolute Gasteiger partial charge is 0.323 e. The molecule has 3 rings (SSSR count). The highest BCUT2D eigenvalue weighted by Gasteiger charge is 2.23. The van der Waals surface area contributed by atoms with E-state index in [1.54, 1.807) is 0 Å². The Labute approximate surface area is 124 Å². The van der Waals surface area contributed by atoms with E-state index in [0.717, 1.165) is 42.1 Å². The van der Waals surface area contributed by atoms with Crippen molar-refractivity contribution in [1.82, 2.24) is 4.98 Å². The number of aromatic amines is 1. The maximum atomic E-state index is 12.1. The zero-order valence-electron chi connectivity index (χ0n) is 12.2. The number of carbonyl (C=O) groups excluding carboxylic acids is 1. The molecule has 1 aromatic heterocycles. The fourth-order valence-corrected chi connectivity index (χ4v) is 3.06. The highest BCUT2D eigenvalue weighted by atomic mass is 16.5. The molecule has 1 saturated carbocycles. The van der Waals surface area contributed by atoms with Crippen molar-refractivity contribution in [3.63, 3.8) is 0 Å². The summed E-state index contributed by atoms with van der Waals surface area (Å²) >= 11 is 0. The number of fused-ring (bicyclic) bond motifs is 1. The summed E-state index contributed by atoms with van der Waals surface area (Å²) in [6.07, 6.45) is 8.01. The predicted octanol–water partition coefficient (Wildman–Crippen LogP) is 2.91. The molecule has 1 unspecified atom stereocenters. The van der Waals surface area contributed by atoms with Gasteiger partial charge in [0.2, 0.25) is 0 Å². The lowest BCUT2D eigenvalue weighted by molar-refractivity contribution is -0.152. The maximum Gasteiger partial charge on any atom is 0.323 e. The van der Waals surface area contributed by atoms with Gasteiger partial charge in [-0.1, -0.05) is 24.6 Å². The second kappa shape index (κ2) is 6.31. The first kappa shape index (κ1) is 14.1. The lowest BCUT2D eigenvalue weighted by atomic mass is 9.97. The summed E-state index contributed by atoms with van der Waals surface area (Å²) in [6.45, 7) is 0. The van der Waals surface area contributed by atoms with E-state index < -0.39 is 6.04 Å². The number of hydrogen-bond donors (Lipinski definition) is 2. The number of benzene rings is 1. The number of esters is 1. The molecular weight excluding hydrogens is 264 g/mol. The summed E-state index contributed by atoms with van der Waals surface area (Å²) in [7, 11) is 0. The molecule has 2 aromatic rings. The van der Waals surface area contributed by atoms with E-state index in [1.807, 2.05) is 30.5 Å². The minimum absolute atomic E-state index is 0.0697. The number of para-hydroxylation sites is 1. The Kier molecular flexibility index (Phi) is 4.25. The van der Waals surface area contributed by atoms with Crippen LogP contribution in [0.4, 0.5) is 0 Å². The van der Waals surface area contributed by atoms with Gasteiger partial charge in [0.05, 0.1) is 0 Å². The second-order valence-electron chi connectivity index (χ2n) is 5.87. The average molecular weight is 286 g/mol. The van der Waals surface area contributed by atoms with E-state index in [1.165, 1.54) is 6.42 Å². The van der Waals surface area contributed by atoms with Crippen LogP contribution in [0.15, 0.2) is 30.5 Å². The average Bonchev–Trinajstić information content (AvgIpc) is 2.91. The van der Waals surface area contributed by atoms with Gasteiger partial charge in [0.25, 0.3) is 0 Å². The van der Waals surface area contributed by atoms with Gasteiger partial charge in [0.15, 0.2) is 0 Å². The number of nitrogens with two attached hydrogens (primary N) is 1. The third-order valence-corrected chi connectivity index (χ3v) is 4.25. The summed E-state index contributed by atoms with van der Waals surface area (Å²) in [5.74, 6) is -0.271. The predicted molar refractivity (Wildman–Crippen MR) is 82.9 cm³/mol. The van der Waals surface area contributed by atoms with E-state index in [2.05, 4.69) is 4.98 Å². The van der Waals surface area contributed by atoms with E-state index in [0.29, 0.717) is 6.42 Å². The monoisotopic (exact) mass is 286 g/mol. The highest BCUT2D eigenvalue weighted by Crippen LogP contribution is 2.22. The standard InChI is InChI=1S/C17H22N2O2/c18-15(17(20)21-13-6-2-1-3-7-13)10-12-11-19-16-9-5-4-8-14(12)16/h4-5,8-9,11,13,15,19H,1-3,6-7,10,18H2. The molecule has 0 aliphatic heterocycles. The van der Waals surface area contributed by atoms with Gasteiger partial charge in [-0.3, -0.25) is 4.79 Å². The summed E-state index contributed by atoms with van der Waals surface area (Å²) < 4.78 is 5.54. The minimum Gasteiger partial charge on any atom is -0.461 e. The van der Waals surface area contributed by atoms with Gasteiger partial charge >= 0.3 is 5.97 Å². The van der Waals surface area contributed by atoms with Gasteiger partial charge in [-0.2, -0.15) is 0 Å². The number of nitrogens with one attached hydrogen (secondary N) is 1. The van der Waals surface area contributed by atoms with E-state index in [4.69, 9.17) is 10.5 Å². The maximum absolute atomic E-state index is 12.1. The molecule has 0 spiro atoms. The van der Waals surface area contributed by atoms with Crippen molar-refractivity contribution in [2.45, 2.75) is 50.7 Å². The molecule has 4 heteroatoms. The number of hydrogen-bond acceptors (Lipinski definition) is 3. The zero-order chi connectivity index (χ0) is 14.7. The van der Waals surface area contributed by atoms with E-state index in [9.17, 15) is 4.79 Å². The van der Waals surface area contributed by atoms with Crippen molar-refractivity contribution in [2.24, 2.45) is 5.73 Å². The Hall–Kier alpha value is -1.81. The molecule has 0 radical (unpaired) electrons. The number of H-pyrrole nitrogens is 1. The van der Waals surface area contributed by atoms with Crippen molar-refractivity contribution in [3.8, 4) is 0 Å². The molecule has 1 atom stereocenters. The molecule has 0 saturated heterocycles. The van der Waals surface area contributed by atoms with E-state index >= 15 is 0 Å². The molecule has 1 aliphatic carbocycles. The SMILES string of the molecule is NC(Cc1c[nH]c2ccccc12)C(=O)OC1CCCCC1. The minimum atomic E-state index is -0.592. The summed E-state index contributed by atoms with van der Waals surface area (Å²) in [4.78, 5) is 15.3. The lowest BCUT2D eigenvalue weighted by Gasteiger charge is -2.23. The third kappa shape index (κ3) is 3.27. The molecule has 1 aromatic carbocycles. The van der Waals surface area contributed by atoms with Gasteiger partial charge in [0.1, 0.15) is 12.1 Å². The van der Waals surface area contributed by atoms with Crippen LogP contribution in [0.3, 0.4) is 0 Å². The largest absolute Gasteiger partial charge is 0.461 e. The van der Waals surface area contributed by atoms with Crippen molar-refractivity contribution < 1.29 is 9.53 Å². The number of rotatable bonds is 4. The molecule has 112 valence electrons. The Morgan fingerprint density at radius 3 is 2.86 bits per heavy atom. The molecule has 1 fully saturated rings. The van der Waals surface area contributed by atoms with Crippen molar-refractivity contribution in [1.29, 1.82) is 0 Å². The molecular formula is C17H22N2O2. The van der Waals surface area contributed by atoms with Crippen LogP contribution in [0.1, 0.15) is 37.7 Å². The van der Waals surface area contributed by atoms with Crippen LogP contribution in [0, 0.1) is 0 Å². The first-order valence-corrected chi connectivity index (χ1v) is 7.75. The molecule has 1 heterocycles. The first-order chi connectivity index (χ1) is 10.2. The first-order valence-electron chi connectivity index (χ1n) is 7.75. The number of ether oxygens (including phenoxy) is 1. The van der Waals surface area contributed by atoms with Gasteiger partial charge in [0, 0.05) is 23.5 Å². The van der Waals surface area contributed by atoms with Crippen LogP contribution in [-0.4, -0.2) is 23.1 Å². The lowest BCUT2D eigenvalue weighted by Crippen LogP contribution is -2.37. The van der Waals surface area contributed by atoms with Gasteiger partial charge in [-0.15, -0.1) is 0 Å². The summed E-state index contributed by atoms with van der Waals surface area (Å²) in [5.41, 5.74) is 8.17. The number of aromatic nitrogens is 1. The summed E-state index contributed by atoms with van der Waals surface area (Å²) in [6, 6.07) is 7.45. The third-order valence-electron chi connectivity index (χ3n) is 4.25. The zero-order valence-corrected chi connectivity index (χ0v) is 12.2. The second-order valence-corrected chi connectivity index (χ2v) is 5.87. The molecule has 3 N–H and O–H groups in total. The normalized spacial score (nSPS) is 17.8. The quantitative estimate of drug-likeness (QED) is 0.849. The summed E-state index contributed by atoms with van der Waals surface area (Å²) in [5, 5.41) is 1.12. The van der Waals surface area contributed by atoms with Crippen molar-refractivity contribution in [3.05, 3.63) is 36.0 Å². The molecule has 1 aliphatic rings. The highest BCUT2D eigenvalue weighted by molar-refractivity contribution is 5.84. The Bertz CT molecular complexity index is 614. The Morgan fingerprint density at radius 2 is 2.05 bits per heavy atom. The van der Waals surface area contributed by atoms with Crippen LogP contribution < -0.4 is 5.73 Å². The fourth-order valence-electron chi connectivity index (χ4n) is 3.06. The molecule has 4 nitrogen and oxygen atoms in total. The van der Waals surface area contributed by atoms with Gasteiger partial charge in [-0.05, 0) is 37.3 Å². The molecule has 21 heavy (non-hydrogen) atoms. The van der Waals surface area contributed by atoms with Gasteiger partial charge < -0.3 is 15.5 Å². The van der Waals surface area contributed by atoms with Crippen LogP contribution in [0.2, 0.25) is 0 Å². The van der Waals surface area contributed by atoms with Gasteiger partial charge in [-0.25, -0.2) is 0 Å². The fraction of sp³-hybridized carbons (Fsp3) is 0.471. The molecule has 0 bridgehead atoms. The molecule has 0 amide bonds. The van der Waals surface area contributed by atoms with Crippen molar-refractivity contribution >= 4 is 16.9 Å². The van der Waals surface area contributed by atoms with Crippen molar-refractivity contribution in [2.75, 3.05) is 0 Å². The topological polar surface area (TPSA) is 68.1 Å². The van der Waals surface area contributed by atoms with Crippen LogP contribution >= 0.6 is 0 Å². The van der Waals surface area contributed by atoms with Crippen LogP contribution in [-0.2, 0) is 16.0 Å².